The van der Waals surface area contributed by atoms with Gasteiger partial charge in [-0.1, -0.05) is 309 Å². The van der Waals surface area contributed by atoms with Gasteiger partial charge in [0, 0.05) is 19.3 Å². The first kappa shape index (κ1) is 76.8. The Bertz CT molecular complexity index is 1670. The number of unbranched alkanes of at least 4 members (excludes halogenated alkanes) is 30. The number of ether oxygens (including phenoxy) is 3. The fraction of sp³-hybridized carbons (Fsp3) is 0.693. The number of rotatable bonds is 61. The van der Waals surface area contributed by atoms with Gasteiger partial charge in [-0.2, -0.15) is 0 Å². The Morgan fingerprint density at radius 1 is 0.259 bits per heavy atom. The molecular formula is C75H126O6. The van der Waals surface area contributed by atoms with Crippen LogP contribution in [0.4, 0.5) is 0 Å². The highest BCUT2D eigenvalue weighted by atomic mass is 16.6. The molecule has 0 saturated heterocycles. The summed E-state index contributed by atoms with van der Waals surface area (Å²) in [6, 6.07) is 0. The van der Waals surface area contributed by atoms with Crippen molar-refractivity contribution < 1.29 is 28.6 Å². The van der Waals surface area contributed by atoms with Gasteiger partial charge in [0.25, 0.3) is 0 Å². The zero-order valence-corrected chi connectivity index (χ0v) is 53.0. The zero-order chi connectivity index (χ0) is 58.5. The molecule has 0 saturated carbocycles. The van der Waals surface area contributed by atoms with Crippen molar-refractivity contribution in [3.63, 3.8) is 0 Å². The second-order valence-corrected chi connectivity index (χ2v) is 22.4. The summed E-state index contributed by atoms with van der Waals surface area (Å²) in [4.78, 5) is 38.3. The normalized spacial score (nSPS) is 12.9. The molecule has 0 aromatic rings. The second kappa shape index (κ2) is 68.3. The lowest BCUT2D eigenvalue weighted by atomic mass is 10.0. The molecule has 0 radical (unpaired) electrons. The van der Waals surface area contributed by atoms with E-state index in [1.165, 1.54) is 154 Å². The molecular weight excluding hydrogens is 997 g/mol. The minimum Gasteiger partial charge on any atom is -0.462 e. The fourth-order valence-electron chi connectivity index (χ4n) is 9.38. The SMILES string of the molecule is CC/C=C\C/C=C\C/C=C\C/C=C\C/C=C\C/C=C\C/C=C\C/C=C\C/C=C\CCCC(=O)OCC(COC(=O)CCCCCCC/C=C\CCCCCC)OC(=O)CCCCCCCCCCCCCCCCCCCCCCC. The van der Waals surface area contributed by atoms with Crippen molar-refractivity contribution in [3.05, 3.63) is 122 Å². The van der Waals surface area contributed by atoms with E-state index >= 15 is 0 Å². The number of allylic oxidation sites excluding steroid dienone is 20. The maximum absolute atomic E-state index is 12.9. The van der Waals surface area contributed by atoms with Crippen molar-refractivity contribution in [2.45, 2.75) is 322 Å². The Labute approximate surface area is 501 Å². The van der Waals surface area contributed by atoms with Crippen LogP contribution < -0.4 is 0 Å². The molecule has 6 heteroatoms. The smallest absolute Gasteiger partial charge is 0.306 e. The van der Waals surface area contributed by atoms with Gasteiger partial charge in [-0.05, 0) is 109 Å². The fourth-order valence-corrected chi connectivity index (χ4v) is 9.38. The molecule has 0 amide bonds. The largest absolute Gasteiger partial charge is 0.462 e. The van der Waals surface area contributed by atoms with Crippen molar-refractivity contribution in [1.82, 2.24) is 0 Å². The summed E-state index contributed by atoms with van der Waals surface area (Å²) in [7, 11) is 0. The Kier molecular flexibility index (Phi) is 64.8. The molecule has 0 heterocycles. The molecule has 0 spiro atoms. The Morgan fingerprint density at radius 3 is 0.827 bits per heavy atom. The highest BCUT2D eigenvalue weighted by molar-refractivity contribution is 5.71. The topological polar surface area (TPSA) is 78.9 Å². The third-order valence-electron chi connectivity index (χ3n) is 14.5. The third kappa shape index (κ3) is 66.5. The standard InChI is InChI=1S/C75H126O6/c1-4-7-10-13-16-19-22-25-27-29-31-33-34-35-36-37-38-39-40-42-43-45-47-50-53-56-59-62-65-68-74(77)80-71-72(70-79-73(76)67-64-61-58-55-52-49-24-21-18-15-12-9-6-3)81-75(78)69-66-63-60-57-54-51-48-46-44-41-32-30-28-26-23-20-17-14-11-8-5-2/h7,10,16,19,21,24-25,27,31,33,35-36,38-39,42-43,47,50,56,59,72H,4-6,8-9,11-15,17-18,20,22-23,26,28-30,32,34,37,40-41,44-46,48-49,51-55,57-58,60-71H2,1-3H3/b10-7-,19-16-,24-21-,27-25-,33-31-,36-35-,39-38-,43-42-,50-47-,59-56-. The Morgan fingerprint density at radius 2 is 0.494 bits per heavy atom. The molecule has 0 aromatic heterocycles. The van der Waals surface area contributed by atoms with Gasteiger partial charge in [0.1, 0.15) is 13.2 Å². The van der Waals surface area contributed by atoms with Crippen molar-refractivity contribution >= 4 is 17.9 Å². The van der Waals surface area contributed by atoms with Crippen molar-refractivity contribution in [2.75, 3.05) is 13.2 Å². The molecule has 81 heavy (non-hydrogen) atoms. The number of esters is 3. The van der Waals surface area contributed by atoms with Crippen LogP contribution in [0.1, 0.15) is 316 Å². The molecule has 0 aromatic carbocycles. The predicted molar refractivity (Wildman–Crippen MR) is 353 cm³/mol. The molecule has 0 bridgehead atoms. The summed E-state index contributed by atoms with van der Waals surface area (Å²) in [6.45, 7) is 6.49. The summed E-state index contributed by atoms with van der Waals surface area (Å²) in [5, 5.41) is 0. The summed E-state index contributed by atoms with van der Waals surface area (Å²) >= 11 is 0. The minimum absolute atomic E-state index is 0.0997. The molecule has 0 aliphatic heterocycles. The van der Waals surface area contributed by atoms with Gasteiger partial charge >= 0.3 is 17.9 Å². The quantitative estimate of drug-likeness (QED) is 0.0261. The maximum atomic E-state index is 12.9. The molecule has 1 atom stereocenters. The van der Waals surface area contributed by atoms with E-state index in [1.807, 2.05) is 0 Å². The van der Waals surface area contributed by atoms with Crippen LogP contribution in [0.25, 0.3) is 0 Å². The van der Waals surface area contributed by atoms with E-state index in [9.17, 15) is 14.4 Å². The lowest BCUT2D eigenvalue weighted by Gasteiger charge is -2.18. The average Bonchev–Trinajstić information content (AvgIpc) is 3.46. The average molecular weight is 1120 g/mol. The number of carbonyl (C=O) groups is 3. The molecule has 0 N–H and O–H groups in total. The highest BCUT2D eigenvalue weighted by Gasteiger charge is 2.19. The minimum atomic E-state index is -0.807. The van der Waals surface area contributed by atoms with Gasteiger partial charge in [0.05, 0.1) is 0 Å². The third-order valence-corrected chi connectivity index (χ3v) is 14.5. The first-order valence-electron chi connectivity index (χ1n) is 34.0. The van der Waals surface area contributed by atoms with Crippen molar-refractivity contribution in [3.8, 4) is 0 Å². The molecule has 0 aliphatic carbocycles. The van der Waals surface area contributed by atoms with Crippen molar-refractivity contribution in [2.24, 2.45) is 0 Å². The van der Waals surface area contributed by atoms with Gasteiger partial charge in [-0.3, -0.25) is 14.4 Å². The van der Waals surface area contributed by atoms with E-state index in [2.05, 4.69) is 142 Å². The second-order valence-electron chi connectivity index (χ2n) is 22.4. The van der Waals surface area contributed by atoms with E-state index in [0.29, 0.717) is 19.3 Å². The summed E-state index contributed by atoms with van der Waals surface area (Å²) < 4.78 is 16.9. The maximum Gasteiger partial charge on any atom is 0.306 e. The number of carbonyl (C=O) groups excluding carboxylic acids is 3. The van der Waals surface area contributed by atoms with Crippen LogP contribution in [0.5, 0.6) is 0 Å². The molecule has 1 unspecified atom stereocenters. The molecule has 462 valence electrons. The lowest BCUT2D eigenvalue weighted by molar-refractivity contribution is -0.167. The van der Waals surface area contributed by atoms with Gasteiger partial charge in [-0.25, -0.2) is 0 Å². The van der Waals surface area contributed by atoms with Crippen LogP contribution >= 0.6 is 0 Å². The van der Waals surface area contributed by atoms with E-state index in [-0.39, 0.29) is 37.5 Å². The van der Waals surface area contributed by atoms with E-state index in [4.69, 9.17) is 14.2 Å². The Hall–Kier alpha value is -4.19. The van der Waals surface area contributed by atoms with E-state index < -0.39 is 6.10 Å². The first-order valence-corrected chi connectivity index (χ1v) is 34.0. The van der Waals surface area contributed by atoms with E-state index in [0.717, 1.165) is 116 Å². The molecule has 6 nitrogen and oxygen atoms in total. The summed E-state index contributed by atoms with van der Waals surface area (Å²) in [6.07, 6.45) is 95.1. The number of hydrogen-bond donors (Lipinski definition) is 0. The van der Waals surface area contributed by atoms with Gasteiger partial charge in [0.15, 0.2) is 6.10 Å². The van der Waals surface area contributed by atoms with Crippen LogP contribution in [0.15, 0.2) is 122 Å². The van der Waals surface area contributed by atoms with Crippen LogP contribution in [0.3, 0.4) is 0 Å². The van der Waals surface area contributed by atoms with Crippen LogP contribution in [0.2, 0.25) is 0 Å². The summed E-state index contributed by atoms with van der Waals surface area (Å²) in [5.74, 6) is -0.960. The van der Waals surface area contributed by atoms with Crippen molar-refractivity contribution in [1.29, 1.82) is 0 Å². The predicted octanol–water partition coefficient (Wildman–Crippen LogP) is 23.6. The van der Waals surface area contributed by atoms with Crippen LogP contribution in [-0.2, 0) is 28.6 Å². The molecule has 0 fully saturated rings. The summed E-state index contributed by atoms with van der Waals surface area (Å²) in [5.41, 5.74) is 0. The molecule has 0 rings (SSSR count). The van der Waals surface area contributed by atoms with E-state index in [1.54, 1.807) is 0 Å². The first-order chi connectivity index (χ1) is 40.0. The monoisotopic (exact) mass is 1120 g/mol. The molecule has 0 aliphatic rings. The lowest BCUT2D eigenvalue weighted by Crippen LogP contribution is -2.30. The van der Waals surface area contributed by atoms with Gasteiger partial charge < -0.3 is 14.2 Å². The van der Waals surface area contributed by atoms with Gasteiger partial charge in [-0.15, -0.1) is 0 Å². The Balaban J connectivity index is 4.41. The highest BCUT2D eigenvalue weighted by Crippen LogP contribution is 2.17. The van der Waals surface area contributed by atoms with Gasteiger partial charge in [0.2, 0.25) is 0 Å². The number of hydrogen-bond acceptors (Lipinski definition) is 6. The zero-order valence-electron chi connectivity index (χ0n) is 53.0. The van der Waals surface area contributed by atoms with Crippen LogP contribution in [-0.4, -0.2) is 37.2 Å². The van der Waals surface area contributed by atoms with Crippen LogP contribution in [0, 0.1) is 0 Å².